The van der Waals surface area contributed by atoms with Crippen molar-refractivity contribution in [1.29, 1.82) is 0 Å². The second-order valence-electron chi connectivity index (χ2n) is 9.48. The summed E-state index contributed by atoms with van der Waals surface area (Å²) in [6.07, 6.45) is 12.2. The molecular formula is C25H29N9. The Bertz CT molecular complexity index is 1440. The molecule has 0 aliphatic heterocycles. The largest absolute Gasteiger partial charge is 0.378 e. The van der Waals surface area contributed by atoms with Gasteiger partial charge in [0.25, 0.3) is 0 Å². The van der Waals surface area contributed by atoms with E-state index in [9.17, 15) is 0 Å². The van der Waals surface area contributed by atoms with Gasteiger partial charge < -0.3 is 14.6 Å². The monoisotopic (exact) mass is 455 g/mol. The Morgan fingerprint density at radius 3 is 2.88 bits per heavy atom. The van der Waals surface area contributed by atoms with Crippen molar-refractivity contribution in [2.45, 2.75) is 32.4 Å². The smallest absolute Gasteiger partial charge is 0.137 e. The van der Waals surface area contributed by atoms with E-state index in [2.05, 4.69) is 71.8 Å². The van der Waals surface area contributed by atoms with Crippen LogP contribution in [0.5, 0.6) is 0 Å². The van der Waals surface area contributed by atoms with Crippen molar-refractivity contribution in [3.8, 4) is 11.3 Å². The Morgan fingerprint density at radius 2 is 2.06 bits per heavy atom. The number of anilines is 1. The van der Waals surface area contributed by atoms with Gasteiger partial charge in [-0.2, -0.15) is 5.10 Å². The fourth-order valence-corrected chi connectivity index (χ4v) is 4.56. The van der Waals surface area contributed by atoms with Gasteiger partial charge in [-0.3, -0.25) is 5.10 Å². The van der Waals surface area contributed by atoms with Crippen LogP contribution < -0.4 is 10.2 Å². The lowest BCUT2D eigenvalue weighted by Crippen LogP contribution is -2.26. The molecule has 5 aromatic rings. The van der Waals surface area contributed by atoms with E-state index < -0.39 is 0 Å². The number of benzene rings is 1. The van der Waals surface area contributed by atoms with Crippen LogP contribution in [-0.2, 0) is 13.1 Å². The standard InChI is InChI=1S/C25H29N9/c1-32(2)20-8-21(22-12-27-29-23(22)9-20)24-16-34(31-30-24)15-19-14-33-13-18(6-7-25(33)28-19)11-26-10-17-4-3-5-17/h6-9,12-14,16-17,26H,3-5,10-11,15H2,1-2H3,(H,27,29). The van der Waals surface area contributed by atoms with Gasteiger partial charge in [-0.1, -0.05) is 17.7 Å². The van der Waals surface area contributed by atoms with E-state index in [1.807, 2.05) is 31.2 Å². The van der Waals surface area contributed by atoms with E-state index in [1.54, 1.807) is 0 Å². The third-order valence-corrected chi connectivity index (χ3v) is 6.75. The average Bonchev–Trinajstić information content (AvgIpc) is 3.53. The Labute approximate surface area is 197 Å². The number of pyridine rings is 1. The van der Waals surface area contributed by atoms with Crippen LogP contribution in [-0.4, -0.2) is 55.2 Å². The number of aromatic amines is 1. The highest BCUT2D eigenvalue weighted by molar-refractivity contribution is 5.96. The summed E-state index contributed by atoms with van der Waals surface area (Å²) in [5, 5.41) is 20.7. The molecule has 1 saturated carbocycles. The van der Waals surface area contributed by atoms with Gasteiger partial charge in [0.05, 0.1) is 30.1 Å². The van der Waals surface area contributed by atoms with Crippen LogP contribution in [0.1, 0.15) is 30.5 Å². The third-order valence-electron chi connectivity index (χ3n) is 6.75. The number of hydrogen-bond acceptors (Lipinski definition) is 6. The number of H-pyrrole nitrogens is 1. The van der Waals surface area contributed by atoms with Gasteiger partial charge in [0, 0.05) is 49.7 Å². The molecule has 0 bridgehead atoms. The number of fused-ring (bicyclic) bond motifs is 2. The van der Waals surface area contributed by atoms with E-state index in [1.165, 1.54) is 24.8 Å². The highest BCUT2D eigenvalue weighted by atomic mass is 15.4. The van der Waals surface area contributed by atoms with Crippen molar-refractivity contribution in [3.63, 3.8) is 0 Å². The van der Waals surface area contributed by atoms with E-state index in [-0.39, 0.29) is 0 Å². The Hall–Kier alpha value is -3.72. The fraction of sp³-hybridized carbons (Fsp3) is 0.360. The van der Waals surface area contributed by atoms with E-state index in [4.69, 9.17) is 4.98 Å². The summed E-state index contributed by atoms with van der Waals surface area (Å²) in [7, 11) is 4.05. The minimum absolute atomic E-state index is 0.561. The molecule has 34 heavy (non-hydrogen) atoms. The Balaban J connectivity index is 1.20. The molecule has 0 amide bonds. The summed E-state index contributed by atoms with van der Waals surface area (Å²) in [5.74, 6) is 0.867. The molecule has 0 spiro atoms. The van der Waals surface area contributed by atoms with Crippen LogP contribution in [0.25, 0.3) is 27.8 Å². The predicted octanol–water partition coefficient (Wildman–Crippen LogP) is 3.47. The minimum atomic E-state index is 0.561. The highest BCUT2D eigenvalue weighted by Crippen LogP contribution is 2.31. The summed E-state index contributed by atoms with van der Waals surface area (Å²) in [6, 6.07) is 8.45. The van der Waals surface area contributed by atoms with Crippen LogP contribution in [0.4, 0.5) is 5.69 Å². The molecule has 1 aromatic carbocycles. The summed E-state index contributed by atoms with van der Waals surface area (Å²) in [5.41, 5.74) is 7.05. The maximum absolute atomic E-state index is 4.77. The van der Waals surface area contributed by atoms with Crippen molar-refractivity contribution in [3.05, 3.63) is 60.3 Å². The molecule has 4 aromatic heterocycles. The van der Waals surface area contributed by atoms with Gasteiger partial charge in [-0.05, 0) is 49.1 Å². The molecule has 0 radical (unpaired) electrons. The number of aromatic nitrogens is 7. The van der Waals surface area contributed by atoms with Crippen molar-refractivity contribution in [2.24, 2.45) is 5.92 Å². The van der Waals surface area contributed by atoms with Crippen LogP contribution in [0, 0.1) is 5.92 Å². The first-order valence-corrected chi connectivity index (χ1v) is 11.8. The highest BCUT2D eigenvalue weighted by Gasteiger charge is 2.16. The SMILES string of the molecule is CN(C)c1cc(-c2cn(Cc3cn4cc(CNCC5CCC5)ccc4n3)nn2)c2cn[nH]c2c1. The second kappa shape index (κ2) is 8.57. The lowest BCUT2D eigenvalue weighted by molar-refractivity contribution is 0.301. The molecule has 4 heterocycles. The summed E-state index contributed by atoms with van der Waals surface area (Å²) in [4.78, 5) is 6.84. The van der Waals surface area contributed by atoms with Gasteiger partial charge in [0.2, 0.25) is 0 Å². The zero-order valence-corrected chi connectivity index (χ0v) is 19.6. The van der Waals surface area contributed by atoms with Gasteiger partial charge in [-0.15, -0.1) is 5.10 Å². The molecule has 2 N–H and O–H groups in total. The molecule has 6 rings (SSSR count). The number of nitrogens with zero attached hydrogens (tertiary/aromatic N) is 7. The summed E-state index contributed by atoms with van der Waals surface area (Å²) >= 11 is 0. The lowest BCUT2D eigenvalue weighted by atomic mass is 9.85. The quantitative estimate of drug-likeness (QED) is 0.372. The zero-order valence-electron chi connectivity index (χ0n) is 19.6. The Kier molecular flexibility index (Phi) is 5.26. The van der Waals surface area contributed by atoms with Crippen LogP contribution in [0.15, 0.2) is 49.1 Å². The first-order chi connectivity index (χ1) is 16.6. The molecule has 1 aliphatic carbocycles. The molecule has 174 valence electrons. The maximum Gasteiger partial charge on any atom is 0.137 e. The molecule has 1 aliphatic rings. The summed E-state index contributed by atoms with van der Waals surface area (Å²) in [6.45, 7) is 2.57. The zero-order chi connectivity index (χ0) is 23.1. The van der Waals surface area contributed by atoms with E-state index >= 15 is 0 Å². The molecule has 0 saturated heterocycles. The first kappa shape index (κ1) is 20.9. The van der Waals surface area contributed by atoms with Gasteiger partial charge in [0.15, 0.2) is 0 Å². The molecule has 1 fully saturated rings. The van der Waals surface area contributed by atoms with Crippen LogP contribution in [0.2, 0.25) is 0 Å². The topological polar surface area (TPSA) is 92.0 Å². The number of imidazole rings is 1. The summed E-state index contributed by atoms with van der Waals surface area (Å²) < 4.78 is 3.94. The van der Waals surface area contributed by atoms with Crippen LogP contribution >= 0.6 is 0 Å². The number of rotatable bonds is 8. The average molecular weight is 456 g/mol. The fourth-order valence-electron chi connectivity index (χ4n) is 4.56. The molecule has 0 unspecified atom stereocenters. The second-order valence-corrected chi connectivity index (χ2v) is 9.48. The van der Waals surface area contributed by atoms with Gasteiger partial charge >= 0.3 is 0 Å². The lowest BCUT2D eigenvalue weighted by Gasteiger charge is -2.25. The van der Waals surface area contributed by atoms with Gasteiger partial charge in [-0.25, -0.2) is 9.67 Å². The molecular weight excluding hydrogens is 426 g/mol. The van der Waals surface area contributed by atoms with Crippen LogP contribution in [0.3, 0.4) is 0 Å². The van der Waals surface area contributed by atoms with Crippen molar-refractivity contribution in [1.82, 2.24) is 39.9 Å². The molecule has 0 atom stereocenters. The first-order valence-electron chi connectivity index (χ1n) is 11.8. The van der Waals surface area contributed by atoms with Crippen molar-refractivity contribution >= 4 is 22.2 Å². The van der Waals surface area contributed by atoms with Gasteiger partial charge in [0.1, 0.15) is 11.3 Å². The molecule has 9 heteroatoms. The minimum Gasteiger partial charge on any atom is -0.378 e. The number of nitrogens with one attached hydrogen (secondary N) is 2. The third kappa shape index (κ3) is 4.03. The predicted molar refractivity (Wildman–Crippen MR) is 133 cm³/mol. The van der Waals surface area contributed by atoms with Crippen molar-refractivity contribution < 1.29 is 0 Å². The maximum atomic E-state index is 4.77. The Morgan fingerprint density at radius 1 is 1.15 bits per heavy atom. The van der Waals surface area contributed by atoms with E-state index in [0.29, 0.717) is 6.54 Å². The van der Waals surface area contributed by atoms with E-state index in [0.717, 1.165) is 58.2 Å². The van der Waals surface area contributed by atoms with Crippen molar-refractivity contribution in [2.75, 3.05) is 25.5 Å². The number of hydrogen-bond donors (Lipinski definition) is 2. The normalized spacial score (nSPS) is 14.2. The molecule has 9 nitrogen and oxygen atoms in total.